The monoisotopic (exact) mass is 613 g/mol. The van der Waals surface area contributed by atoms with Gasteiger partial charge in [0.1, 0.15) is 11.9 Å². The molecular weight excluding hydrogens is 600 g/mol. The topological polar surface area (TPSA) is 38.8 Å². The zero-order valence-corrected chi connectivity index (χ0v) is 18.9. The summed E-state index contributed by atoms with van der Waals surface area (Å²) in [7, 11) is 0. The molecule has 1 amide bonds. The zero-order chi connectivity index (χ0) is 25.6. The van der Waals surface area contributed by atoms with Crippen molar-refractivity contribution in [2.24, 2.45) is 0 Å². The number of hydrogen-bond donors (Lipinski definition) is 0. The van der Waals surface area contributed by atoms with Crippen LogP contribution in [-0.4, -0.2) is 23.4 Å². The average Bonchev–Trinajstić information content (AvgIpc) is 2.96. The van der Waals surface area contributed by atoms with Gasteiger partial charge in [-0.2, -0.15) is 26.3 Å². The highest BCUT2D eigenvalue weighted by atomic mass is 127. The number of hydrogen-bond acceptors (Lipinski definition) is 3. The Balaban J connectivity index is 1.93. The van der Waals surface area contributed by atoms with Crippen LogP contribution >= 0.6 is 22.6 Å². The highest BCUT2D eigenvalue weighted by molar-refractivity contribution is 14.1. The summed E-state index contributed by atoms with van der Waals surface area (Å²) in [5.74, 6) is -0.563. The second kappa shape index (κ2) is 9.00. The smallest absolute Gasteiger partial charge is 0.439 e. The van der Waals surface area contributed by atoms with E-state index in [9.17, 15) is 44.3 Å². The lowest BCUT2D eigenvalue weighted by Gasteiger charge is -2.23. The number of ether oxygens (including phenoxy) is 2. The van der Waals surface area contributed by atoms with Crippen molar-refractivity contribution in [3.63, 3.8) is 0 Å². The van der Waals surface area contributed by atoms with Crippen molar-refractivity contribution in [2.75, 3.05) is 0 Å². The first-order valence-electron chi connectivity index (χ1n) is 9.26. The number of amides is 1. The van der Waals surface area contributed by atoms with Crippen LogP contribution in [0.2, 0.25) is 0 Å². The molecule has 1 saturated heterocycles. The van der Waals surface area contributed by atoms with Gasteiger partial charge in [0.05, 0.1) is 23.7 Å². The Morgan fingerprint density at radius 1 is 0.941 bits per heavy atom. The number of carbonyl (C=O) groups is 1. The van der Waals surface area contributed by atoms with Gasteiger partial charge in [-0.25, -0.2) is 4.79 Å². The molecule has 186 valence electrons. The van der Waals surface area contributed by atoms with Crippen LogP contribution < -0.4 is 4.74 Å². The zero-order valence-electron chi connectivity index (χ0n) is 16.8. The maximum absolute atomic E-state index is 13.2. The van der Waals surface area contributed by atoms with E-state index < -0.39 is 59.4 Å². The summed E-state index contributed by atoms with van der Waals surface area (Å²) in [5.41, 5.74) is -3.45. The van der Waals surface area contributed by atoms with E-state index in [0.29, 0.717) is 15.7 Å². The van der Waals surface area contributed by atoms with Crippen LogP contribution in [0.3, 0.4) is 0 Å². The molecule has 1 aliphatic heterocycles. The summed E-state index contributed by atoms with van der Waals surface area (Å²) in [6.07, 6.45) is -17.7. The van der Waals surface area contributed by atoms with Gasteiger partial charge in [0.15, 0.2) is 0 Å². The summed E-state index contributed by atoms with van der Waals surface area (Å²) < 4.78 is 126. The molecule has 1 heterocycles. The largest absolute Gasteiger partial charge is 0.573 e. The number of rotatable bonds is 4. The van der Waals surface area contributed by atoms with Crippen molar-refractivity contribution < 1.29 is 53.8 Å². The normalized spacial score (nSPS) is 19.4. The average molecular weight is 613 g/mol. The fourth-order valence-electron chi connectivity index (χ4n) is 3.36. The van der Waals surface area contributed by atoms with Gasteiger partial charge in [-0.05, 0) is 77.0 Å². The summed E-state index contributed by atoms with van der Waals surface area (Å²) >= 11 is 1.79. The summed E-state index contributed by atoms with van der Waals surface area (Å²) in [5, 5.41) is 0. The number of halogens is 10. The Morgan fingerprint density at radius 3 is 2.00 bits per heavy atom. The van der Waals surface area contributed by atoms with Gasteiger partial charge in [-0.3, -0.25) is 4.90 Å². The molecule has 2 aromatic carbocycles. The van der Waals surface area contributed by atoms with E-state index in [2.05, 4.69) is 4.74 Å². The highest BCUT2D eigenvalue weighted by Gasteiger charge is 2.43. The van der Waals surface area contributed by atoms with E-state index in [0.717, 1.165) is 17.0 Å². The van der Waals surface area contributed by atoms with Crippen LogP contribution in [0.5, 0.6) is 5.75 Å². The van der Waals surface area contributed by atoms with Gasteiger partial charge in [-0.15, -0.1) is 13.2 Å². The van der Waals surface area contributed by atoms with E-state index >= 15 is 0 Å². The number of benzene rings is 2. The predicted molar refractivity (Wildman–Crippen MR) is 107 cm³/mol. The van der Waals surface area contributed by atoms with E-state index in [4.69, 9.17) is 4.74 Å². The number of cyclic esters (lactones) is 1. The molecule has 0 aliphatic carbocycles. The molecule has 0 bridgehead atoms. The number of nitrogens with zero attached hydrogens (tertiary/aromatic N) is 1. The Morgan fingerprint density at radius 2 is 1.50 bits per heavy atom. The van der Waals surface area contributed by atoms with Crippen molar-refractivity contribution in [1.82, 2.24) is 4.90 Å². The van der Waals surface area contributed by atoms with Crippen LogP contribution in [0, 0.1) is 3.57 Å². The van der Waals surface area contributed by atoms with E-state index in [-0.39, 0.29) is 18.2 Å². The maximum Gasteiger partial charge on any atom is 0.573 e. The molecule has 0 unspecified atom stereocenters. The Hall–Kier alpha value is -2.39. The second-order valence-corrected chi connectivity index (χ2v) is 8.48. The van der Waals surface area contributed by atoms with Crippen LogP contribution in [-0.2, 0) is 23.6 Å². The quantitative estimate of drug-likeness (QED) is 0.268. The van der Waals surface area contributed by atoms with Gasteiger partial charge < -0.3 is 9.47 Å². The van der Waals surface area contributed by atoms with Crippen LogP contribution in [0.25, 0.3) is 0 Å². The molecule has 3 rings (SSSR count). The molecule has 1 fully saturated rings. The third-order valence-electron chi connectivity index (χ3n) is 4.92. The predicted octanol–water partition coefficient (Wildman–Crippen LogP) is 7.31. The van der Waals surface area contributed by atoms with Gasteiger partial charge in [-0.1, -0.05) is 0 Å². The molecule has 4 nitrogen and oxygen atoms in total. The molecule has 2 aromatic rings. The fourth-order valence-corrected chi connectivity index (χ4v) is 3.86. The second-order valence-electron chi connectivity index (χ2n) is 7.31. The minimum atomic E-state index is -5.09. The lowest BCUT2D eigenvalue weighted by atomic mass is 9.97. The van der Waals surface area contributed by atoms with E-state index in [1.54, 1.807) is 22.6 Å². The van der Waals surface area contributed by atoms with Crippen molar-refractivity contribution in [3.8, 4) is 5.75 Å². The van der Waals surface area contributed by atoms with Crippen molar-refractivity contribution in [3.05, 3.63) is 62.2 Å². The first kappa shape index (κ1) is 26.2. The molecule has 1 aliphatic rings. The molecule has 34 heavy (non-hydrogen) atoms. The van der Waals surface area contributed by atoms with Crippen molar-refractivity contribution in [1.29, 1.82) is 0 Å². The maximum atomic E-state index is 13.2. The third-order valence-corrected chi connectivity index (χ3v) is 5.97. The van der Waals surface area contributed by atoms with Gasteiger partial charge >= 0.3 is 24.8 Å². The lowest BCUT2D eigenvalue weighted by molar-refractivity contribution is -0.274. The molecule has 0 spiro atoms. The van der Waals surface area contributed by atoms with Gasteiger partial charge in [0.2, 0.25) is 0 Å². The molecule has 14 heteroatoms. The Kier molecular flexibility index (Phi) is 6.94. The van der Waals surface area contributed by atoms with E-state index in [1.807, 2.05) is 0 Å². The van der Waals surface area contributed by atoms with Gasteiger partial charge in [0, 0.05) is 3.57 Å². The third kappa shape index (κ3) is 5.99. The minimum absolute atomic E-state index is 0.0444. The lowest BCUT2D eigenvalue weighted by Crippen LogP contribution is -2.32. The first-order valence-corrected chi connectivity index (χ1v) is 10.3. The summed E-state index contributed by atoms with van der Waals surface area (Å²) in [6.45, 7) is 1.01. The van der Waals surface area contributed by atoms with Crippen LogP contribution in [0.4, 0.5) is 44.3 Å². The number of alkyl halides is 9. The van der Waals surface area contributed by atoms with Gasteiger partial charge in [0.25, 0.3) is 0 Å². The highest BCUT2D eigenvalue weighted by Crippen LogP contribution is 2.41. The fraction of sp³-hybridized carbons (Fsp3) is 0.350. The van der Waals surface area contributed by atoms with E-state index in [1.165, 1.54) is 13.0 Å². The van der Waals surface area contributed by atoms with Crippen LogP contribution in [0.15, 0.2) is 36.4 Å². The summed E-state index contributed by atoms with van der Waals surface area (Å²) in [6, 6.07) is 3.22. The molecular formula is C20H13F9INO3. The molecule has 2 atom stereocenters. The molecule has 0 aromatic heterocycles. The Bertz CT molecular complexity index is 1050. The van der Waals surface area contributed by atoms with Crippen LogP contribution in [0.1, 0.15) is 35.3 Å². The molecule has 0 saturated carbocycles. The Labute approximate surface area is 199 Å². The number of carbonyl (C=O) groups excluding carboxylic acids is 1. The molecule has 0 N–H and O–H groups in total. The van der Waals surface area contributed by atoms with Crippen molar-refractivity contribution in [2.45, 2.75) is 44.3 Å². The first-order chi connectivity index (χ1) is 15.5. The molecule has 0 radical (unpaired) electrons. The van der Waals surface area contributed by atoms with Crippen molar-refractivity contribution >= 4 is 28.7 Å². The minimum Gasteiger partial charge on any atom is -0.439 e. The SMILES string of the molecule is C[C@@H]1[C@@H](c2cc(C(F)(F)F)cc(C(F)(F)F)c2)OC(=O)N1Cc1cc(OC(F)(F)F)ccc1I. The standard InChI is InChI=1S/C20H13F9INO3/c1-9-16(10-4-12(18(21,22)23)7-13(5-10)19(24,25)26)33-17(32)31(9)8-11-6-14(2-3-15(11)30)34-20(27,28)29/h2-7,9,16H,8H2,1H3/t9-,16+/m1/s1. The summed E-state index contributed by atoms with van der Waals surface area (Å²) in [4.78, 5) is 13.4.